The van der Waals surface area contributed by atoms with Gasteiger partial charge >= 0.3 is 0 Å². The van der Waals surface area contributed by atoms with Gasteiger partial charge in [-0.05, 0) is 39.9 Å². The van der Waals surface area contributed by atoms with E-state index in [2.05, 4.69) is 4.72 Å². The summed E-state index contributed by atoms with van der Waals surface area (Å²) in [7, 11) is 0.481. The van der Waals surface area contributed by atoms with Crippen LogP contribution >= 0.6 is 0 Å². The topological polar surface area (TPSA) is 72.9 Å². The van der Waals surface area contributed by atoms with E-state index >= 15 is 0 Å². The van der Waals surface area contributed by atoms with E-state index in [9.17, 15) is 13.5 Å². The van der Waals surface area contributed by atoms with Crippen LogP contribution < -0.4 is 4.72 Å². The quantitative estimate of drug-likeness (QED) is 0.623. The first-order valence-corrected chi connectivity index (χ1v) is 7.93. The highest BCUT2D eigenvalue weighted by molar-refractivity contribution is 7.87. The Hall–Kier alpha value is -0.210. The number of nitrogens with zero attached hydrogens (tertiary/aromatic N) is 2. The largest absolute Gasteiger partial charge is 0.395 e. The normalized spacial score (nSPS) is 22.6. The Morgan fingerprint density at radius 1 is 1.39 bits per heavy atom. The molecule has 0 aromatic carbocycles. The summed E-state index contributed by atoms with van der Waals surface area (Å²) in [5.41, 5.74) is 0. The lowest BCUT2D eigenvalue weighted by atomic mass is 10.1. The van der Waals surface area contributed by atoms with Crippen molar-refractivity contribution >= 4 is 10.2 Å². The van der Waals surface area contributed by atoms with Crippen molar-refractivity contribution in [2.45, 2.75) is 31.7 Å². The molecule has 0 aliphatic carbocycles. The Labute approximate surface area is 110 Å². The summed E-state index contributed by atoms with van der Waals surface area (Å²) in [6, 6.07) is -0.259. The molecule has 2 N–H and O–H groups in total. The predicted molar refractivity (Wildman–Crippen MR) is 71.5 cm³/mol. The molecule has 1 aliphatic heterocycles. The van der Waals surface area contributed by atoms with Gasteiger partial charge in [-0.25, -0.2) is 4.72 Å². The second-order valence-corrected chi connectivity index (χ2v) is 6.71. The molecule has 7 heteroatoms. The monoisotopic (exact) mass is 279 g/mol. The van der Waals surface area contributed by atoms with Crippen LogP contribution in [0.1, 0.15) is 25.7 Å². The van der Waals surface area contributed by atoms with E-state index in [1.165, 1.54) is 4.31 Å². The van der Waals surface area contributed by atoms with Gasteiger partial charge in [-0.1, -0.05) is 6.42 Å². The number of hydrogen-bond donors (Lipinski definition) is 2. The molecule has 0 bridgehead atoms. The van der Waals surface area contributed by atoms with Crippen molar-refractivity contribution in [2.24, 2.45) is 0 Å². The van der Waals surface area contributed by atoms with E-state index < -0.39 is 10.2 Å². The molecule has 108 valence electrons. The van der Waals surface area contributed by atoms with Crippen LogP contribution in [0.2, 0.25) is 0 Å². The lowest BCUT2D eigenvalue weighted by molar-refractivity contribution is 0.154. The molecular weight excluding hydrogens is 254 g/mol. The molecule has 0 aromatic heterocycles. The number of nitrogens with one attached hydrogen (secondary N) is 1. The lowest BCUT2D eigenvalue weighted by Crippen LogP contribution is -2.50. The molecule has 1 saturated heterocycles. The second kappa shape index (κ2) is 7.40. The fraction of sp³-hybridized carbons (Fsp3) is 1.00. The van der Waals surface area contributed by atoms with E-state index in [1.54, 1.807) is 0 Å². The van der Waals surface area contributed by atoms with Crippen molar-refractivity contribution < 1.29 is 13.5 Å². The highest BCUT2D eigenvalue weighted by Crippen LogP contribution is 2.19. The third-order valence-electron chi connectivity index (χ3n) is 3.16. The van der Waals surface area contributed by atoms with Gasteiger partial charge in [0.2, 0.25) is 0 Å². The maximum Gasteiger partial charge on any atom is 0.279 e. The number of hydrogen-bond acceptors (Lipinski definition) is 4. The van der Waals surface area contributed by atoms with Gasteiger partial charge in [0, 0.05) is 19.1 Å². The summed E-state index contributed by atoms with van der Waals surface area (Å²) in [4.78, 5) is 2.02. The van der Waals surface area contributed by atoms with Gasteiger partial charge in [-0.15, -0.1) is 0 Å². The van der Waals surface area contributed by atoms with Crippen LogP contribution in [0, 0.1) is 0 Å². The van der Waals surface area contributed by atoms with Crippen molar-refractivity contribution in [3.05, 3.63) is 0 Å². The summed E-state index contributed by atoms with van der Waals surface area (Å²) in [6.07, 6.45) is 3.38. The van der Waals surface area contributed by atoms with Crippen LogP contribution in [-0.4, -0.2) is 69.1 Å². The Balaban J connectivity index is 2.46. The van der Waals surface area contributed by atoms with E-state index in [-0.39, 0.29) is 12.6 Å². The van der Waals surface area contributed by atoms with Gasteiger partial charge in [-0.3, -0.25) is 0 Å². The van der Waals surface area contributed by atoms with Crippen molar-refractivity contribution in [1.29, 1.82) is 0 Å². The zero-order valence-electron chi connectivity index (χ0n) is 11.3. The fourth-order valence-electron chi connectivity index (χ4n) is 2.15. The molecule has 1 rings (SSSR count). The van der Waals surface area contributed by atoms with E-state index in [1.807, 2.05) is 19.0 Å². The number of piperidine rings is 1. The molecule has 0 aromatic rings. The fourth-order valence-corrected chi connectivity index (χ4v) is 3.65. The van der Waals surface area contributed by atoms with Gasteiger partial charge in [0.05, 0.1) is 6.61 Å². The van der Waals surface area contributed by atoms with Crippen LogP contribution in [0.3, 0.4) is 0 Å². The number of aliphatic hydroxyl groups excluding tert-OH is 1. The van der Waals surface area contributed by atoms with Crippen LogP contribution in [0.5, 0.6) is 0 Å². The first-order chi connectivity index (χ1) is 8.47. The Morgan fingerprint density at radius 2 is 2.11 bits per heavy atom. The molecule has 0 saturated carbocycles. The van der Waals surface area contributed by atoms with E-state index in [0.29, 0.717) is 13.1 Å². The molecule has 18 heavy (non-hydrogen) atoms. The third-order valence-corrected chi connectivity index (χ3v) is 4.83. The zero-order chi connectivity index (χ0) is 13.6. The van der Waals surface area contributed by atoms with Crippen LogP contribution in [0.25, 0.3) is 0 Å². The average Bonchev–Trinajstić information content (AvgIpc) is 2.34. The summed E-state index contributed by atoms with van der Waals surface area (Å²) >= 11 is 0. The van der Waals surface area contributed by atoms with Gasteiger partial charge in [0.1, 0.15) is 0 Å². The van der Waals surface area contributed by atoms with Gasteiger partial charge in [0.15, 0.2) is 0 Å². The zero-order valence-corrected chi connectivity index (χ0v) is 12.1. The van der Waals surface area contributed by atoms with Crippen molar-refractivity contribution in [3.8, 4) is 0 Å². The second-order valence-electron chi connectivity index (χ2n) is 5.00. The predicted octanol–water partition coefficient (Wildman–Crippen LogP) is -0.381. The van der Waals surface area contributed by atoms with Gasteiger partial charge in [0.25, 0.3) is 10.2 Å². The Morgan fingerprint density at radius 3 is 2.72 bits per heavy atom. The maximum atomic E-state index is 12.1. The molecule has 6 nitrogen and oxygen atoms in total. The van der Waals surface area contributed by atoms with E-state index in [4.69, 9.17) is 0 Å². The van der Waals surface area contributed by atoms with Gasteiger partial charge < -0.3 is 10.0 Å². The minimum atomic E-state index is -3.44. The third kappa shape index (κ3) is 4.81. The first-order valence-electron chi connectivity index (χ1n) is 6.49. The first kappa shape index (κ1) is 15.8. The highest BCUT2D eigenvalue weighted by Gasteiger charge is 2.31. The summed E-state index contributed by atoms with van der Waals surface area (Å²) in [5, 5.41) is 9.23. The van der Waals surface area contributed by atoms with Crippen LogP contribution in [0.4, 0.5) is 0 Å². The average molecular weight is 279 g/mol. The molecule has 1 aliphatic rings. The summed E-state index contributed by atoms with van der Waals surface area (Å²) < 4.78 is 28.2. The maximum absolute atomic E-state index is 12.1. The van der Waals surface area contributed by atoms with Crippen molar-refractivity contribution in [2.75, 3.05) is 40.3 Å². The molecule has 0 amide bonds. The standard InChI is InChI=1S/C11H25N3O3S/c1-13(2)8-5-7-12-18(16,17)14-9-4-3-6-11(14)10-15/h11-12,15H,3-10H2,1-2H3. The number of rotatable bonds is 7. The van der Waals surface area contributed by atoms with Crippen LogP contribution in [0.15, 0.2) is 0 Å². The number of aliphatic hydroxyl groups is 1. The minimum Gasteiger partial charge on any atom is -0.395 e. The molecule has 1 atom stereocenters. The molecule has 1 fully saturated rings. The molecule has 1 heterocycles. The molecule has 1 unspecified atom stereocenters. The molecule has 0 spiro atoms. The Kier molecular flexibility index (Phi) is 6.51. The lowest BCUT2D eigenvalue weighted by Gasteiger charge is -2.33. The molecular formula is C11H25N3O3S. The van der Waals surface area contributed by atoms with Crippen molar-refractivity contribution in [1.82, 2.24) is 13.9 Å². The SMILES string of the molecule is CN(C)CCCNS(=O)(=O)N1CCCCC1CO. The Bertz CT molecular complexity index is 332. The summed E-state index contributed by atoms with van der Waals surface area (Å²) in [5.74, 6) is 0. The summed E-state index contributed by atoms with van der Waals surface area (Å²) in [6.45, 7) is 1.70. The van der Waals surface area contributed by atoms with Crippen LogP contribution in [-0.2, 0) is 10.2 Å². The van der Waals surface area contributed by atoms with E-state index in [0.717, 1.165) is 32.2 Å². The minimum absolute atomic E-state index is 0.0986. The molecule has 0 radical (unpaired) electrons. The van der Waals surface area contributed by atoms with Gasteiger partial charge in [-0.2, -0.15) is 12.7 Å². The smallest absolute Gasteiger partial charge is 0.279 e. The highest BCUT2D eigenvalue weighted by atomic mass is 32.2. The van der Waals surface area contributed by atoms with Crippen molar-refractivity contribution in [3.63, 3.8) is 0 Å².